The van der Waals surface area contributed by atoms with Gasteiger partial charge < -0.3 is 0 Å². The highest BCUT2D eigenvalue weighted by Crippen LogP contribution is 2.24. The van der Waals surface area contributed by atoms with Gasteiger partial charge in [0.1, 0.15) is 0 Å². The molecule has 0 aromatic carbocycles. The zero-order chi connectivity index (χ0) is 15.6. The van der Waals surface area contributed by atoms with Crippen molar-refractivity contribution < 1.29 is 4.79 Å². The van der Waals surface area contributed by atoms with Crippen LogP contribution in [0.15, 0.2) is 10.7 Å². The summed E-state index contributed by atoms with van der Waals surface area (Å²) < 4.78 is 4.57. The van der Waals surface area contributed by atoms with Crippen LogP contribution < -0.4 is 0 Å². The lowest BCUT2D eigenvalue weighted by molar-refractivity contribution is 0.0989. The molecule has 2 aromatic rings. The van der Waals surface area contributed by atoms with E-state index in [0.29, 0.717) is 12.0 Å². The molecule has 0 spiro atoms. The fourth-order valence-electron chi connectivity index (χ4n) is 2.46. The van der Waals surface area contributed by atoms with Crippen molar-refractivity contribution in [2.45, 2.75) is 46.6 Å². The molecule has 0 aliphatic heterocycles. The van der Waals surface area contributed by atoms with E-state index in [0.717, 1.165) is 40.9 Å². The Balaban J connectivity index is 2.33. The maximum atomic E-state index is 12.6. The van der Waals surface area contributed by atoms with Crippen LogP contribution in [-0.2, 0) is 32.9 Å². The number of halogens is 1. The molecule has 0 N–H and O–H groups in total. The molecule has 0 unspecified atom stereocenters. The van der Waals surface area contributed by atoms with Crippen molar-refractivity contribution in [3.63, 3.8) is 0 Å². The van der Waals surface area contributed by atoms with Crippen molar-refractivity contribution >= 4 is 21.7 Å². The number of nitrogens with zero attached hydrogens (tertiary/aromatic N) is 4. The molecule has 0 radical (unpaired) electrons. The van der Waals surface area contributed by atoms with Crippen LogP contribution >= 0.6 is 15.9 Å². The highest BCUT2D eigenvalue weighted by molar-refractivity contribution is 9.10. The van der Waals surface area contributed by atoms with Crippen molar-refractivity contribution in [2.24, 2.45) is 7.05 Å². The molecule has 2 rings (SSSR count). The van der Waals surface area contributed by atoms with E-state index in [2.05, 4.69) is 33.1 Å². The highest BCUT2D eigenvalue weighted by Gasteiger charge is 2.20. The first kappa shape index (κ1) is 15.9. The molecule has 0 atom stereocenters. The second-order valence-electron chi connectivity index (χ2n) is 4.99. The quantitative estimate of drug-likeness (QED) is 0.751. The third-order valence-electron chi connectivity index (χ3n) is 3.56. The van der Waals surface area contributed by atoms with Crippen LogP contribution in [0, 0.1) is 0 Å². The average molecular weight is 353 g/mol. The topological polar surface area (TPSA) is 52.7 Å². The molecule has 0 saturated carbocycles. The van der Waals surface area contributed by atoms with Gasteiger partial charge in [-0.25, -0.2) is 0 Å². The summed E-state index contributed by atoms with van der Waals surface area (Å²) in [6.45, 7) is 6.87. The fraction of sp³-hybridized carbons (Fsp3) is 0.533. The molecule has 6 heteroatoms. The molecule has 5 nitrogen and oxygen atoms in total. The van der Waals surface area contributed by atoms with Gasteiger partial charge in [0.25, 0.3) is 0 Å². The maximum absolute atomic E-state index is 12.6. The lowest BCUT2D eigenvalue weighted by Gasteiger charge is -2.05. The predicted octanol–water partition coefficient (Wildman–Crippen LogP) is 2.95. The number of carbonyl (C=O) groups excluding carboxylic acids is 1. The lowest BCUT2D eigenvalue weighted by Crippen LogP contribution is -2.11. The molecular formula is C15H21BrN4O. The molecule has 0 fully saturated rings. The van der Waals surface area contributed by atoms with E-state index in [-0.39, 0.29) is 5.78 Å². The normalized spacial score (nSPS) is 11.1. The van der Waals surface area contributed by atoms with E-state index >= 15 is 0 Å². The predicted molar refractivity (Wildman–Crippen MR) is 85.6 cm³/mol. The molecular weight excluding hydrogens is 332 g/mol. The minimum absolute atomic E-state index is 0.0953. The second kappa shape index (κ2) is 6.56. The SMILES string of the molecule is CCc1nn(C)cc1C(=O)Cc1c(Br)c(CC)nn1CC. The Bertz CT molecular complexity index is 657. The highest BCUT2D eigenvalue weighted by atomic mass is 79.9. The Morgan fingerprint density at radius 3 is 2.43 bits per heavy atom. The van der Waals surface area contributed by atoms with Gasteiger partial charge in [-0.15, -0.1) is 0 Å². The summed E-state index contributed by atoms with van der Waals surface area (Å²) >= 11 is 3.59. The number of hydrogen-bond donors (Lipinski definition) is 0. The van der Waals surface area contributed by atoms with Crippen LogP contribution in [0.5, 0.6) is 0 Å². The smallest absolute Gasteiger partial charge is 0.172 e. The zero-order valence-corrected chi connectivity index (χ0v) is 14.6. The van der Waals surface area contributed by atoms with Crippen LogP contribution in [0.3, 0.4) is 0 Å². The molecule has 0 aliphatic carbocycles. The van der Waals surface area contributed by atoms with Gasteiger partial charge in [0.05, 0.1) is 33.5 Å². The molecule has 0 bridgehead atoms. The van der Waals surface area contributed by atoms with E-state index in [1.54, 1.807) is 4.68 Å². The zero-order valence-electron chi connectivity index (χ0n) is 13.0. The third kappa shape index (κ3) is 3.10. The molecule has 2 heterocycles. The monoisotopic (exact) mass is 352 g/mol. The standard InChI is InChI=1S/C15H21BrN4O/c1-5-11-10(9-19(4)17-11)14(21)8-13-15(16)12(6-2)18-20(13)7-3/h9H,5-8H2,1-4H3. The first-order chi connectivity index (χ1) is 10.0. The molecule has 0 aliphatic rings. The minimum atomic E-state index is 0.0953. The van der Waals surface area contributed by atoms with Gasteiger partial charge in [0.15, 0.2) is 5.78 Å². The molecule has 114 valence electrons. The summed E-state index contributed by atoms with van der Waals surface area (Å²) in [7, 11) is 1.84. The lowest BCUT2D eigenvalue weighted by atomic mass is 10.1. The average Bonchev–Trinajstić information content (AvgIpc) is 3.00. The Hall–Kier alpha value is -1.43. The Morgan fingerprint density at radius 1 is 1.19 bits per heavy atom. The van der Waals surface area contributed by atoms with Crippen molar-refractivity contribution in [1.82, 2.24) is 19.6 Å². The first-order valence-electron chi connectivity index (χ1n) is 7.31. The fourth-order valence-corrected chi connectivity index (χ4v) is 3.17. The van der Waals surface area contributed by atoms with Crippen LogP contribution in [-0.4, -0.2) is 25.3 Å². The number of Topliss-reactive ketones (excluding diaryl/α,β-unsaturated/α-hetero) is 1. The van der Waals surface area contributed by atoms with E-state index < -0.39 is 0 Å². The van der Waals surface area contributed by atoms with Gasteiger partial charge in [-0.2, -0.15) is 10.2 Å². The number of ketones is 1. The Labute approximate surface area is 133 Å². The largest absolute Gasteiger partial charge is 0.294 e. The van der Waals surface area contributed by atoms with Gasteiger partial charge in [-0.3, -0.25) is 14.2 Å². The number of carbonyl (C=O) groups is 1. The maximum Gasteiger partial charge on any atom is 0.172 e. The summed E-state index contributed by atoms with van der Waals surface area (Å²) in [5, 5.41) is 8.88. The molecule has 21 heavy (non-hydrogen) atoms. The van der Waals surface area contributed by atoms with E-state index in [1.165, 1.54) is 0 Å². The number of aromatic nitrogens is 4. The van der Waals surface area contributed by atoms with Gasteiger partial charge >= 0.3 is 0 Å². The van der Waals surface area contributed by atoms with Crippen molar-refractivity contribution in [3.8, 4) is 0 Å². The minimum Gasteiger partial charge on any atom is -0.294 e. The number of rotatable bonds is 6. The van der Waals surface area contributed by atoms with E-state index in [9.17, 15) is 4.79 Å². The summed E-state index contributed by atoms with van der Waals surface area (Å²) in [6, 6.07) is 0. The van der Waals surface area contributed by atoms with Gasteiger partial charge in [-0.05, 0) is 35.7 Å². The number of hydrogen-bond acceptors (Lipinski definition) is 3. The van der Waals surface area contributed by atoms with Crippen molar-refractivity contribution in [1.29, 1.82) is 0 Å². The first-order valence-corrected chi connectivity index (χ1v) is 8.10. The summed E-state index contributed by atoms with van der Waals surface area (Å²) in [5.41, 5.74) is 3.53. The van der Waals surface area contributed by atoms with E-state index in [4.69, 9.17) is 0 Å². The summed E-state index contributed by atoms with van der Waals surface area (Å²) in [4.78, 5) is 12.6. The third-order valence-corrected chi connectivity index (χ3v) is 4.48. The molecule has 0 amide bonds. The summed E-state index contributed by atoms with van der Waals surface area (Å²) in [5.74, 6) is 0.0953. The van der Waals surface area contributed by atoms with E-state index in [1.807, 2.05) is 31.8 Å². The van der Waals surface area contributed by atoms with Crippen molar-refractivity contribution in [3.05, 3.63) is 33.3 Å². The van der Waals surface area contributed by atoms with Crippen LogP contribution in [0.1, 0.15) is 48.2 Å². The van der Waals surface area contributed by atoms with Crippen LogP contribution in [0.4, 0.5) is 0 Å². The number of aryl methyl sites for hydroxylation is 4. The Morgan fingerprint density at radius 2 is 1.86 bits per heavy atom. The molecule has 0 saturated heterocycles. The van der Waals surface area contributed by atoms with Crippen LogP contribution in [0.2, 0.25) is 0 Å². The Kier molecular flexibility index (Phi) is 4.98. The second-order valence-corrected chi connectivity index (χ2v) is 5.79. The van der Waals surface area contributed by atoms with Crippen LogP contribution in [0.25, 0.3) is 0 Å². The van der Waals surface area contributed by atoms with Gasteiger partial charge in [0, 0.05) is 19.8 Å². The summed E-state index contributed by atoms with van der Waals surface area (Å²) in [6.07, 6.45) is 3.76. The van der Waals surface area contributed by atoms with Gasteiger partial charge in [0.2, 0.25) is 0 Å². The van der Waals surface area contributed by atoms with Gasteiger partial charge in [-0.1, -0.05) is 13.8 Å². The van der Waals surface area contributed by atoms with Crippen molar-refractivity contribution in [2.75, 3.05) is 0 Å². The molecule has 2 aromatic heterocycles.